The molecule has 0 spiro atoms. The number of ether oxygens (including phenoxy) is 2. The molecule has 0 bridgehead atoms. The summed E-state index contributed by atoms with van der Waals surface area (Å²) >= 11 is 0. The minimum Gasteiger partial charge on any atom is -0.506 e. The number of aliphatic hydroxyl groups is 1. The van der Waals surface area contributed by atoms with Crippen molar-refractivity contribution in [1.29, 1.82) is 0 Å². The van der Waals surface area contributed by atoms with Crippen LogP contribution in [0.25, 0.3) is 10.9 Å². The van der Waals surface area contributed by atoms with Gasteiger partial charge < -0.3 is 30.0 Å². The number of unbranched alkanes of at least 4 members (excludes halogenated alkanes) is 1. The molecule has 1 atom stereocenters. The number of benzene rings is 3. The number of nitrogens with one attached hydrogen (secondary N) is 2. The monoisotopic (exact) mass is 695 g/mol. The van der Waals surface area contributed by atoms with Crippen LogP contribution in [0.3, 0.4) is 0 Å². The molecule has 2 heterocycles. The van der Waals surface area contributed by atoms with E-state index in [-0.39, 0.29) is 17.2 Å². The van der Waals surface area contributed by atoms with E-state index in [1.54, 1.807) is 12.1 Å². The van der Waals surface area contributed by atoms with Crippen LogP contribution in [0.1, 0.15) is 74.5 Å². The van der Waals surface area contributed by atoms with Crippen LogP contribution >= 0.6 is 0 Å². The Morgan fingerprint density at radius 3 is 2.41 bits per heavy atom. The lowest BCUT2D eigenvalue weighted by atomic mass is 9.73. The van der Waals surface area contributed by atoms with E-state index < -0.39 is 11.6 Å². The number of fused-ring (bicyclic) bond motifs is 1. The van der Waals surface area contributed by atoms with Gasteiger partial charge in [0.1, 0.15) is 11.5 Å². The van der Waals surface area contributed by atoms with E-state index in [4.69, 9.17) is 9.47 Å². The quantitative estimate of drug-likeness (QED) is 0.0780. The number of H-pyrrole nitrogens is 1. The average Bonchev–Trinajstić information content (AvgIpc) is 3.17. The van der Waals surface area contributed by atoms with Crippen molar-refractivity contribution in [3.8, 4) is 11.5 Å². The van der Waals surface area contributed by atoms with Crippen LogP contribution < -0.4 is 15.6 Å². The highest BCUT2D eigenvalue weighted by molar-refractivity contribution is 5.87. The minimum atomic E-state index is -1.58. The minimum absolute atomic E-state index is 0.0898. The lowest BCUT2D eigenvalue weighted by molar-refractivity contribution is -0.177. The SMILES string of the molecule is O=C(OCC1CCN(Cc2ccc(OCCCCNCCc3ccc(O)c4[nH]c(=O)ccc34)cc2)CC1)C(O)(c1ccccc1)C1CCCCC1. The second-order valence-corrected chi connectivity index (χ2v) is 14.3. The normalized spacial score (nSPS) is 17.3. The first-order chi connectivity index (χ1) is 24.9. The number of carbonyl (C=O) groups excluding carboxylic acids is 1. The van der Waals surface area contributed by atoms with Gasteiger partial charge in [0.25, 0.3) is 0 Å². The zero-order valence-electron chi connectivity index (χ0n) is 29.7. The molecule has 4 aromatic rings. The maximum absolute atomic E-state index is 13.5. The smallest absolute Gasteiger partial charge is 0.343 e. The Bertz CT molecular complexity index is 1750. The van der Waals surface area contributed by atoms with Crippen LogP contribution in [0.15, 0.2) is 83.7 Å². The van der Waals surface area contributed by atoms with Gasteiger partial charge in [-0.15, -0.1) is 0 Å². The van der Waals surface area contributed by atoms with E-state index in [1.165, 1.54) is 11.6 Å². The lowest BCUT2D eigenvalue weighted by Crippen LogP contribution is -2.46. The molecular formula is C42H53N3O6. The fraction of sp³-hybridized carbons (Fsp3) is 0.476. The Morgan fingerprint density at radius 2 is 1.65 bits per heavy atom. The molecule has 1 saturated carbocycles. The van der Waals surface area contributed by atoms with E-state index >= 15 is 0 Å². The molecular weight excluding hydrogens is 642 g/mol. The summed E-state index contributed by atoms with van der Waals surface area (Å²) in [7, 11) is 0. The molecule has 0 radical (unpaired) electrons. The van der Waals surface area contributed by atoms with Gasteiger partial charge in [0, 0.05) is 23.9 Å². The molecule has 272 valence electrons. The number of aromatic hydroxyl groups is 1. The van der Waals surface area contributed by atoms with Crippen molar-refractivity contribution in [2.45, 2.75) is 76.4 Å². The zero-order valence-corrected chi connectivity index (χ0v) is 29.7. The number of likely N-dealkylation sites (tertiary alicyclic amines) is 1. The van der Waals surface area contributed by atoms with E-state index in [0.717, 1.165) is 114 Å². The maximum Gasteiger partial charge on any atom is 0.343 e. The fourth-order valence-electron chi connectivity index (χ4n) is 7.70. The van der Waals surface area contributed by atoms with Crippen molar-refractivity contribution in [3.63, 3.8) is 0 Å². The number of phenolic OH excluding ortho intramolecular Hbond substituents is 1. The van der Waals surface area contributed by atoms with Crippen LogP contribution in [-0.4, -0.2) is 65.5 Å². The molecule has 1 unspecified atom stereocenters. The molecule has 2 fully saturated rings. The van der Waals surface area contributed by atoms with E-state index in [0.29, 0.717) is 30.2 Å². The third-order valence-electron chi connectivity index (χ3n) is 10.8. The van der Waals surface area contributed by atoms with Gasteiger partial charge in [-0.2, -0.15) is 0 Å². The Labute approximate surface area is 301 Å². The molecule has 9 nitrogen and oxygen atoms in total. The number of piperidine rings is 1. The van der Waals surface area contributed by atoms with E-state index in [2.05, 4.69) is 39.5 Å². The Balaban J connectivity index is 0.851. The molecule has 1 aliphatic heterocycles. The standard InChI is InChI=1S/C42H53N3O6/c46-38-19-15-33(37-18-20-39(47)44-40(37)38)21-25-43-24-7-8-28-50-36-16-13-31(14-17-36)29-45-26-22-32(23-27-45)30-51-41(48)42(49,34-9-3-1-4-10-34)35-11-5-2-6-12-35/h1,3-4,9-10,13-20,32,35,43,46,49H,2,5-8,11-12,21-30H2,(H,44,47). The Morgan fingerprint density at radius 1 is 0.882 bits per heavy atom. The van der Waals surface area contributed by atoms with Gasteiger partial charge in [0.2, 0.25) is 5.56 Å². The van der Waals surface area contributed by atoms with Gasteiger partial charge in [-0.25, -0.2) is 4.79 Å². The van der Waals surface area contributed by atoms with Crippen molar-refractivity contribution in [2.75, 3.05) is 39.4 Å². The predicted molar refractivity (Wildman–Crippen MR) is 200 cm³/mol. The summed E-state index contributed by atoms with van der Waals surface area (Å²) in [6.45, 7) is 5.51. The van der Waals surface area contributed by atoms with Gasteiger partial charge in [-0.05, 0) is 118 Å². The van der Waals surface area contributed by atoms with Crippen LogP contribution in [0.4, 0.5) is 0 Å². The molecule has 3 aromatic carbocycles. The fourth-order valence-corrected chi connectivity index (χ4v) is 7.70. The highest BCUT2D eigenvalue weighted by atomic mass is 16.5. The number of phenols is 1. The summed E-state index contributed by atoms with van der Waals surface area (Å²) in [4.78, 5) is 30.3. The number of esters is 1. The summed E-state index contributed by atoms with van der Waals surface area (Å²) in [5.41, 5.74) is 1.69. The molecule has 2 aliphatic rings. The predicted octanol–water partition coefficient (Wildman–Crippen LogP) is 6.45. The number of pyridine rings is 1. The molecule has 4 N–H and O–H groups in total. The highest BCUT2D eigenvalue weighted by Gasteiger charge is 2.47. The third-order valence-corrected chi connectivity index (χ3v) is 10.8. The number of aromatic nitrogens is 1. The molecule has 9 heteroatoms. The number of hydrogen-bond donors (Lipinski definition) is 4. The molecule has 0 amide bonds. The van der Waals surface area contributed by atoms with Crippen LogP contribution in [-0.2, 0) is 28.1 Å². The van der Waals surface area contributed by atoms with Gasteiger partial charge in [-0.1, -0.05) is 67.8 Å². The Hall–Kier alpha value is -4.18. The molecule has 1 saturated heterocycles. The molecule has 1 aromatic heterocycles. The largest absolute Gasteiger partial charge is 0.506 e. The summed E-state index contributed by atoms with van der Waals surface area (Å²) in [6.07, 6.45) is 9.62. The molecule has 51 heavy (non-hydrogen) atoms. The van der Waals surface area contributed by atoms with Crippen molar-refractivity contribution in [1.82, 2.24) is 15.2 Å². The lowest BCUT2D eigenvalue weighted by Gasteiger charge is -2.37. The van der Waals surface area contributed by atoms with Crippen molar-refractivity contribution >= 4 is 16.9 Å². The number of rotatable bonds is 16. The van der Waals surface area contributed by atoms with E-state index in [1.807, 2.05) is 36.4 Å². The Kier molecular flexibility index (Phi) is 12.8. The third kappa shape index (κ3) is 9.58. The second-order valence-electron chi connectivity index (χ2n) is 14.3. The maximum atomic E-state index is 13.5. The first-order valence-corrected chi connectivity index (χ1v) is 18.8. The van der Waals surface area contributed by atoms with Crippen molar-refractivity contribution in [3.05, 3.63) is 106 Å². The van der Waals surface area contributed by atoms with Crippen LogP contribution in [0.5, 0.6) is 11.5 Å². The summed E-state index contributed by atoms with van der Waals surface area (Å²) < 4.78 is 11.9. The topological polar surface area (TPSA) is 124 Å². The zero-order chi connectivity index (χ0) is 35.5. The summed E-state index contributed by atoms with van der Waals surface area (Å²) in [6, 6.07) is 24.6. The summed E-state index contributed by atoms with van der Waals surface area (Å²) in [5.74, 6) is 0.684. The number of nitrogens with zero attached hydrogens (tertiary/aromatic N) is 1. The van der Waals surface area contributed by atoms with Gasteiger partial charge in [0.05, 0.1) is 18.7 Å². The first kappa shape index (κ1) is 36.6. The van der Waals surface area contributed by atoms with Gasteiger partial charge in [-0.3, -0.25) is 9.69 Å². The number of carbonyl (C=O) groups is 1. The molecule has 1 aliphatic carbocycles. The average molecular weight is 696 g/mol. The second kappa shape index (κ2) is 17.8. The summed E-state index contributed by atoms with van der Waals surface area (Å²) in [5, 5.41) is 26.2. The van der Waals surface area contributed by atoms with Crippen LogP contribution in [0.2, 0.25) is 0 Å². The number of hydrogen-bond acceptors (Lipinski definition) is 8. The van der Waals surface area contributed by atoms with Gasteiger partial charge >= 0.3 is 5.97 Å². The van der Waals surface area contributed by atoms with Crippen LogP contribution in [0, 0.1) is 11.8 Å². The first-order valence-electron chi connectivity index (χ1n) is 18.8. The van der Waals surface area contributed by atoms with E-state index in [9.17, 15) is 19.8 Å². The number of aromatic amines is 1. The molecule has 6 rings (SSSR count). The van der Waals surface area contributed by atoms with Crippen molar-refractivity contribution in [2.24, 2.45) is 11.8 Å². The highest BCUT2D eigenvalue weighted by Crippen LogP contribution is 2.40. The van der Waals surface area contributed by atoms with Gasteiger partial charge in [0.15, 0.2) is 5.60 Å². The van der Waals surface area contributed by atoms with Crippen molar-refractivity contribution < 1.29 is 24.5 Å².